The molecule has 144 valence electrons. The molecule has 0 radical (unpaired) electrons. The molecule has 0 fully saturated rings. The van der Waals surface area contributed by atoms with Crippen LogP contribution >= 0.6 is 23.2 Å². The molecule has 1 heterocycles. The van der Waals surface area contributed by atoms with Crippen LogP contribution in [0.5, 0.6) is 0 Å². The number of carbonyl (C=O) groups excluding carboxylic acids is 2. The van der Waals surface area contributed by atoms with Crippen molar-refractivity contribution in [2.75, 3.05) is 6.61 Å². The Morgan fingerprint density at radius 2 is 2.00 bits per heavy atom. The van der Waals surface area contributed by atoms with E-state index in [9.17, 15) is 9.59 Å². The third-order valence-electron chi connectivity index (χ3n) is 5.16. The summed E-state index contributed by atoms with van der Waals surface area (Å²) in [5.74, 6) is -1.62. The van der Waals surface area contributed by atoms with Gasteiger partial charge in [0.1, 0.15) is 5.92 Å². The standard InChI is InChI=1S/C21H23Cl2NO3/c1-5-27-20(26)16-11(2)24-14-9-21(3,4)10-15(25)18(14)17(16)12-7-6-8-13(22)19(12)23/h6-8,16-17H,5,9-10H2,1-4H3/t16?,17-/m0/s1. The number of hydrogen-bond donors (Lipinski definition) is 0. The summed E-state index contributed by atoms with van der Waals surface area (Å²) in [5, 5.41) is 0.750. The van der Waals surface area contributed by atoms with E-state index in [4.69, 9.17) is 27.9 Å². The molecular weight excluding hydrogens is 385 g/mol. The molecule has 1 aliphatic heterocycles. The van der Waals surface area contributed by atoms with Gasteiger partial charge >= 0.3 is 5.97 Å². The molecule has 0 bridgehead atoms. The lowest BCUT2D eigenvalue weighted by atomic mass is 9.67. The first-order valence-electron chi connectivity index (χ1n) is 9.08. The van der Waals surface area contributed by atoms with Crippen molar-refractivity contribution in [2.45, 2.75) is 46.5 Å². The summed E-state index contributed by atoms with van der Waals surface area (Å²) in [5.41, 5.74) is 2.45. The van der Waals surface area contributed by atoms with E-state index in [0.29, 0.717) is 39.7 Å². The fourth-order valence-corrected chi connectivity index (χ4v) is 4.50. The van der Waals surface area contributed by atoms with Gasteiger partial charge in [-0.1, -0.05) is 49.2 Å². The second-order valence-corrected chi connectivity index (χ2v) is 8.69. The van der Waals surface area contributed by atoms with E-state index in [1.165, 1.54) is 0 Å². The minimum atomic E-state index is -0.690. The lowest BCUT2D eigenvalue weighted by Crippen LogP contribution is -2.39. The Morgan fingerprint density at radius 1 is 1.30 bits per heavy atom. The van der Waals surface area contributed by atoms with Gasteiger partial charge in [-0.15, -0.1) is 0 Å². The summed E-state index contributed by atoms with van der Waals surface area (Å²) in [6.45, 7) is 7.93. The first-order valence-corrected chi connectivity index (χ1v) is 9.84. The van der Waals surface area contributed by atoms with E-state index in [1.807, 2.05) is 13.0 Å². The highest BCUT2D eigenvalue weighted by atomic mass is 35.5. The van der Waals surface area contributed by atoms with Gasteiger partial charge in [-0.05, 0) is 37.3 Å². The zero-order chi connectivity index (χ0) is 19.9. The monoisotopic (exact) mass is 407 g/mol. The first kappa shape index (κ1) is 20.1. The maximum Gasteiger partial charge on any atom is 0.315 e. The molecule has 0 saturated carbocycles. The molecule has 1 aliphatic carbocycles. The number of Topliss-reactive ketones (excluding diaryl/α,β-unsaturated/α-hetero) is 1. The van der Waals surface area contributed by atoms with Crippen LogP contribution in [0, 0.1) is 11.3 Å². The number of ketones is 1. The van der Waals surface area contributed by atoms with Gasteiger partial charge in [-0.25, -0.2) is 0 Å². The van der Waals surface area contributed by atoms with Gasteiger partial charge in [0.15, 0.2) is 5.78 Å². The Labute approximate surface area is 169 Å². The summed E-state index contributed by atoms with van der Waals surface area (Å²) >= 11 is 12.7. The Morgan fingerprint density at radius 3 is 2.67 bits per heavy atom. The summed E-state index contributed by atoms with van der Waals surface area (Å²) in [4.78, 5) is 30.5. The van der Waals surface area contributed by atoms with Crippen LogP contribution in [0.15, 0.2) is 34.5 Å². The lowest BCUT2D eigenvalue weighted by Gasteiger charge is -2.39. The predicted octanol–water partition coefficient (Wildman–Crippen LogP) is 5.37. The smallest absolute Gasteiger partial charge is 0.315 e. The van der Waals surface area contributed by atoms with Crippen LogP contribution in [0.2, 0.25) is 10.0 Å². The molecule has 0 amide bonds. The van der Waals surface area contributed by atoms with Crippen LogP contribution in [-0.2, 0) is 14.3 Å². The summed E-state index contributed by atoms with van der Waals surface area (Å²) in [6, 6.07) is 5.29. The molecule has 3 rings (SSSR count). The number of rotatable bonds is 3. The third-order valence-corrected chi connectivity index (χ3v) is 5.99. The molecule has 1 aromatic rings. The fourth-order valence-electron chi connectivity index (χ4n) is 4.08. The van der Waals surface area contributed by atoms with Crippen molar-refractivity contribution in [3.8, 4) is 0 Å². The minimum Gasteiger partial charge on any atom is -0.465 e. The van der Waals surface area contributed by atoms with Crippen molar-refractivity contribution in [1.82, 2.24) is 0 Å². The average Bonchev–Trinajstić information content (AvgIpc) is 2.55. The number of hydrogen-bond acceptors (Lipinski definition) is 4. The number of aliphatic imine (C=N–C) groups is 1. The SMILES string of the molecule is CCOC(=O)C1C(C)=NC2=C(C(=O)CC(C)(C)C2)[C@H]1c1cccc(Cl)c1Cl. The highest BCUT2D eigenvalue weighted by molar-refractivity contribution is 6.42. The van der Waals surface area contributed by atoms with Gasteiger partial charge in [-0.3, -0.25) is 14.6 Å². The van der Waals surface area contributed by atoms with Crippen molar-refractivity contribution < 1.29 is 14.3 Å². The summed E-state index contributed by atoms with van der Waals surface area (Å²) < 4.78 is 5.30. The number of benzene rings is 1. The van der Waals surface area contributed by atoms with E-state index in [0.717, 1.165) is 5.70 Å². The van der Waals surface area contributed by atoms with Crippen molar-refractivity contribution in [2.24, 2.45) is 16.3 Å². The maximum absolute atomic E-state index is 13.1. The number of esters is 1. The molecule has 1 aromatic carbocycles. The van der Waals surface area contributed by atoms with Crippen molar-refractivity contribution >= 4 is 40.7 Å². The molecule has 0 aromatic heterocycles. The second-order valence-electron chi connectivity index (χ2n) is 7.90. The molecular formula is C21H23Cl2NO3. The zero-order valence-corrected chi connectivity index (χ0v) is 17.4. The number of nitrogens with zero attached hydrogens (tertiary/aromatic N) is 1. The molecule has 2 atom stereocenters. The second kappa shape index (κ2) is 7.40. The predicted molar refractivity (Wildman–Crippen MR) is 107 cm³/mol. The van der Waals surface area contributed by atoms with E-state index >= 15 is 0 Å². The van der Waals surface area contributed by atoms with E-state index in [-0.39, 0.29) is 17.8 Å². The fraction of sp³-hybridized carbons (Fsp3) is 0.476. The van der Waals surface area contributed by atoms with Crippen LogP contribution in [-0.4, -0.2) is 24.1 Å². The number of carbonyl (C=O) groups is 2. The Hall–Kier alpha value is -1.65. The molecule has 0 spiro atoms. The molecule has 1 unspecified atom stereocenters. The van der Waals surface area contributed by atoms with Gasteiger partial charge in [0.25, 0.3) is 0 Å². The van der Waals surface area contributed by atoms with E-state index < -0.39 is 17.8 Å². The van der Waals surface area contributed by atoms with Crippen LogP contribution in [0.1, 0.15) is 52.0 Å². The van der Waals surface area contributed by atoms with Gasteiger partial charge in [0.2, 0.25) is 0 Å². The van der Waals surface area contributed by atoms with Gasteiger partial charge in [0, 0.05) is 29.3 Å². The molecule has 2 aliphatic rings. The normalized spacial score (nSPS) is 24.4. The topological polar surface area (TPSA) is 55.7 Å². The minimum absolute atomic E-state index is 0.00726. The molecule has 0 N–H and O–H groups in total. The summed E-state index contributed by atoms with van der Waals surface area (Å²) in [6.07, 6.45) is 1.08. The largest absolute Gasteiger partial charge is 0.465 e. The molecule has 0 saturated heterocycles. The third kappa shape index (κ3) is 3.70. The zero-order valence-electron chi connectivity index (χ0n) is 15.9. The Bertz CT molecular complexity index is 870. The van der Waals surface area contributed by atoms with Crippen LogP contribution < -0.4 is 0 Å². The van der Waals surface area contributed by atoms with Gasteiger partial charge < -0.3 is 4.74 Å². The quantitative estimate of drug-likeness (QED) is 0.632. The number of halogens is 2. The van der Waals surface area contributed by atoms with Crippen LogP contribution in [0.3, 0.4) is 0 Å². The van der Waals surface area contributed by atoms with Gasteiger partial charge in [-0.2, -0.15) is 0 Å². The number of allylic oxidation sites excluding steroid dienone is 2. The Balaban J connectivity index is 2.23. The van der Waals surface area contributed by atoms with Gasteiger partial charge in [0.05, 0.1) is 16.7 Å². The average molecular weight is 408 g/mol. The first-order chi connectivity index (χ1) is 12.7. The van der Waals surface area contributed by atoms with Crippen LogP contribution in [0.25, 0.3) is 0 Å². The van der Waals surface area contributed by atoms with Crippen molar-refractivity contribution in [3.63, 3.8) is 0 Å². The molecule has 4 nitrogen and oxygen atoms in total. The highest BCUT2D eigenvalue weighted by Crippen LogP contribution is 2.49. The Kier molecular flexibility index (Phi) is 5.51. The number of ether oxygens (including phenoxy) is 1. The highest BCUT2D eigenvalue weighted by Gasteiger charge is 2.46. The summed E-state index contributed by atoms with van der Waals surface area (Å²) in [7, 11) is 0. The van der Waals surface area contributed by atoms with E-state index in [2.05, 4.69) is 18.8 Å². The van der Waals surface area contributed by atoms with Crippen molar-refractivity contribution in [1.29, 1.82) is 0 Å². The lowest BCUT2D eigenvalue weighted by molar-refractivity contribution is -0.146. The molecule has 27 heavy (non-hydrogen) atoms. The van der Waals surface area contributed by atoms with E-state index in [1.54, 1.807) is 19.1 Å². The van der Waals surface area contributed by atoms with Crippen molar-refractivity contribution in [3.05, 3.63) is 45.1 Å². The van der Waals surface area contributed by atoms with Crippen LogP contribution in [0.4, 0.5) is 0 Å². The maximum atomic E-state index is 13.1. The molecule has 6 heteroatoms.